The number of benzene rings is 2. The van der Waals surface area contributed by atoms with Gasteiger partial charge in [0.15, 0.2) is 5.11 Å². The van der Waals surface area contributed by atoms with Gasteiger partial charge in [0.05, 0.1) is 0 Å². The van der Waals surface area contributed by atoms with Crippen molar-refractivity contribution < 1.29 is 9.53 Å². The Hall–Kier alpha value is -2.18. The number of thiocarbonyl (C=S) groups is 1. The molecule has 0 radical (unpaired) electrons. The van der Waals surface area contributed by atoms with Gasteiger partial charge in [-0.25, -0.2) is 0 Å². The molecule has 0 unspecified atom stereocenters. The highest BCUT2D eigenvalue weighted by atomic mass is 79.9. The van der Waals surface area contributed by atoms with Crippen LogP contribution in [0.3, 0.4) is 0 Å². The second kappa shape index (κ2) is 7.37. The van der Waals surface area contributed by atoms with Crippen molar-refractivity contribution in [3.8, 4) is 5.75 Å². The van der Waals surface area contributed by atoms with Crippen LogP contribution in [-0.4, -0.2) is 34.9 Å². The number of para-hydroxylation sites is 1. The molecule has 1 aliphatic rings. The Morgan fingerprint density at radius 1 is 1.08 bits per heavy atom. The van der Waals surface area contributed by atoms with Gasteiger partial charge in [0, 0.05) is 24.1 Å². The largest absolute Gasteiger partial charge is 0.488 e. The third-order valence-electron chi connectivity index (χ3n) is 3.98. The molecule has 3 rings (SSSR count). The quantitative estimate of drug-likeness (QED) is 0.555. The minimum atomic E-state index is -0.116. The average Bonchev–Trinajstić information content (AvgIpc) is 2.80. The van der Waals surface area contributed by atoms with Crippen LogP contribution in [0, 0.1) is 0 Å². The summed E-state index contributed by atoms with van der Waals surface area (Å²) in [7, 11) is 3.47. The SMILES string of the molecule is CN1C(=O)/C(=C/c2ccccc2OCc2ccc(Br)cc2)N(C)C1=S. The van der Waals surface area contributed by atoms with Gasteiger partial charge in [-0.3, -0.25) is 9.69 Å². The third-order valence-corrected chi connectivity index (χ3v) is 5.05. The van der Waals surface area contributed by atoms with Crippen LogP contribution in [0.25, 0.3) is 6.08 Å². The van der Waals surface area contributed by atoms with Crippen molar-refractivity contribution in [1.29, 1.82) is 0 Å². The zero-order chi connectivity index (χ0) is 18.0. The Labute approximate surface area is 160 Å². The highest BCUT2D eigenvalue weighted by Gasteiger charge is 2.32. The molecule has 128 valence electrons. The van der Waals surface area contributed by atoms with Crippen molar-refractivity contribution in [3.05, 3.63) is 69.8 Å². The first kappa shape index (κ1) is 17.6. The maximum Gasteiger partial charge on any atom is 0.276 e. The van der Waals surface area contributed by atoms with Crippen molar-refractivity contribution in [1.82, 2.24) is 9.80 Å². The van der Waals surface area contributed by atoms with Crippen LogP contribution < -0.4 is 4.74 Å². The first-order valence-corrected chi connectivity index (χ1v) is 8.91. The van der Waals surface area contributed by atoms with E-state index < -0.39 is 0 Å². The summed E-state index contributed by atoms with van der Waals surface area (Å²) in [6.07, 6.45) is 1.81. The van der Waals surface area contributed by atoms with Crippen LogP contribution in [0.15, 0.2) is 58.7 Å². The molecule has 0 aliphatic carbocycles. The summed E-state index contributed by atoms with van der Waals surface area (Å²) in [5.41, 5.74) is 2.45. The molecule has 6 heteroatoms. The summed E-state index contributed by atoms with van der Waals surface area (Å²) in [6.45, 7) is 0.454. The molecular formula is C19H17BrN2O2S. The highest BCUT2D eigenvalue weighted by Crippen LogP contribution is 2.26. The number of rotatable bonds is 4. The van der Waals surface area contributed by atoms with Crippen LogP contribution in [0.5, 0.6) is 5.75 Å². The van der Waals surface area contributed by atoms with Crippen LogP contribution in [0.1, 0.15) is 11.1 Å². The lowest BCUT2D eigenvalue weighted by Crippen LogP contribution is -2.26. The van der Waals surface area contributed by atoms with E-state index in [1.165, 1.54) is 4.90 Å². The van der Waals surface area contributed by atoms with E-state index in [0.29, 0.717) is 17.4 Å². The average molecular weight is 417 g/mol. The van der Waals surface area contributed by atoms with Crippen molar-refractivity contribution in [3.63, 3.8) is 0 Å². The number of hydrogen-bond donors (Lipinski definition) is 0. The predicted octanol–water partition coefficient (Wildman–Crippen LogP) is 4.06. The number of ether oxygens (including phenoxy) is 1. The third kappa shape index (κ3) is 3.75. The van der Waals surface area contributed by atoms with Crippen LogP contribution in [0.2, 0.25) is 0 Å². The lowest BCUT2D eigenvalue weighted by atomic mass is 10.1. The fourth-order valence-corrected chi connectivity index (χ4v) is 2.95. The summed E-state index contributed by atoms with van der Waals surface area (Å²) >= 11 is 8.67. The number of nitrogens with zero attached hydrogens (tertiary/aromatic N) is 2. The Morgan fingerprint density at radius 2 is 1.76 bits per heavy atom. The van der Waals surface area contributed by atoms with E-state index in [1.54, 1.807) is 19.0 Å². The zero-order valence-corrected chi connectivity index (χ0v) is 16.3. The van der Waals surface area contributed by atoms with Crippen LogP contribution in [-0.2, 0) is 11.4 Å². The van der Waals surface area contributed by atoms with Crippen LogP contribution in [0.4, 0.5) is 0 Å². The number of carbonyl (C=O) groups excluding carboxylic acids is 1. The number of carbonyl (C=O) groups is 1. The summed E-state index contributed by atoms with van der Waals surface area (Å²) < 4.78 is 6.99. The molecule has 25 heavy (non-hydrogen) atoms. The van der Waals surface area contributed by atoms with Gasteiger partial charge in [-0.2, -0.15) is 0 Å². The summed E-state index contributed by atoms with van der Waals surface area (Å²) in [4.78, 5) is 15.5. The number of likely N-dealkylation sites (N-methyl/N-ethyl adjacent to an activating group) is 2. The summed E-state index contributed by atoms with van der Waals surface area (Å²) in [5.74, 6) is 0.606. The van der Waals surface area contributed by atoms with E-state index in [0.717, 1.165) is 21.3 Å². The molecule has 1 saturated heterocycles. The van der Waals surface area contributed by atoms with Gasteiger partial charge in [0.25, 0.3) is 5.91 Å². The van der Waals surface area contributed by atoms with Crippen LogP contribution >= 0.6 is 28.1 Å². The van der Waals surface area contributed by atoms with E-state index in [-0.39, 0.29) is 5.91 Å². The maximum absolute atomic E-state index is 12.3. The van der Waals surface area contributed by atoms with E-state index in [2.05, 4.69) is 15.9 Å². The molecule has 0 spiro atoms. The first-order chi connectivity index (χ1) is 12.0. The predicted molar refractivity (Wildman–Crippen MR) is 106 cm³/mol. The molecule has 0 bridgehead atoms. The Bertz CT molecular complexity index is 849. The second-order valence-electron chi connectivity index (χ2n) is 5.69. The monoisotopic (exact) mass is 416 g/mol. The van der Waals surface area contributed by atoms with Crippen molar-refractivity contribution in [2.75, 3.05) is 14.1 Å². The van der Waals surface area contributed by atoms with E-state index in [1.807, 2.05) is 54.6 Å². The molecule has 1 aliphatic heterocycles. The second-order valence-corrected chi connectivity index (χ2v) is 6.97. The summed E-state index contributed by atoms with van der Waals surface area (Å²) in [5, 5.41) is 0.490. The van der Waals surface area contributed by atoms with Gasteiger partial charge in [-0.15, -0.1) is 0 Å². The number of hydrogen-bond acceptors (Lipinski definition) is 3. The van der Waals surface area contributed by atoms with E-state index >= 15 is 0 Å². The fraction of sp³-hybridized carbons (Fsp3) is 0.158. The number of halogens is 1. The van der Waals surface area contributed by atoms with E-state index in [4.69, 9.17) is 17.0 Å². The number of amides is 1. The molecule has 2 aromatic carbocycles. The first-order valence-electron chi connectivity index (χ1n) is 7.71. The van der Waals surface area contributed by atoms with Gasteiger partial charge < -0.3 is 9.64 Å². The molecule has 2 aromatic rings. The minimum absolute atomic E-state index is 0.116. The van der Waals surface area contributed by atoms with Gasteiger partial charge in [-0.1, -0.05) is 46.3 Å². The lowest BCUT2D eigenvalue weighted by molar-refractivity contribution is -0.121. The van der Waals surface area contributed by atoms with E-state index in [9.17, 15) is 4.79 Å². The Morgan fingerprint density at radius 3 is 2.40 bits per heavy atom. The molecule has 0 N–H and O–H groups in total. The van der Waals surface area contributed by atoms with Crippen molar-refractivity contribution >= 4 is 45.2 Å². The topological polar surface area (TPSA) is 32.8 Å². The van der Waals surface area contributed by atoms with Crippen molar-refractivity contribution in [2.24, 2.45) is 0 Å². The Balaban J connectivity index is 1.84. The van der Waals surface area contributed by atoms with Gasteiger partial charge in [0.1, 0.15) is 18.1 Å². The highest BCUT2D eigenvalue weighted by molar-refractivity contribution is 9.10. The molecule has 1 heterocycles. The minimum Gasteiger partial charge on any atom is -0.488 e. The molecule has 0 atom stereocenters. The fourth-order valence-electron chi connectivity index (χ4n) is 2.51. The lowest BCUT2D eigenvalue weighted by Gasteiger charge is -2.12. The maximum atomic E-state index is 12.3. The van der Waals surface area contributed by atoms with Gasteiger partial charge in [0.2, 0.25) is 0 Å². The molecule has 0 saturated carbocycles. The smallest absolute Gasteiger partial charge is 0.276 e. The zero-order valence-electron chi connectivity index (χ0n) is 13.9. The summed E-state index contributed by atoms with van der Waals surface area (Å²) in [6, 6.07) is 15.6. The molecule has 1 amide bonds. The van der Waals surface area contributed by atoms with Gasteiger partial charge >= 0.3 is 0 Å². The molecule has 0 aromatic heterocycles. The van der Waals surface area contributed by atoms with Gasteiger partial charge in [-0.05, 0) is 42.1 Å². The molecular weight excluding hydrogens is 400 g/mol. The normalized spacial score (nSPS) is 16.0. The molecule has 1 fully saturated rings. The Kier molecular flexibility index (Phi) is 5.20. The molecule has 4 nitrogen and oxygen atoms in total. The van der Waals surface area contributed by atoms with Crippen molar-refractivity contribution in [2.45, 2.75) is 6.61 Å². The standard InChI is InChI=1S/C19H17BrN2O2S/c1-21-16(18(23)22(2)19(21)25)11-14-5-3-4-6-17(14)24-12-13-7-9-15(20)10-8-13/h3-11H,12H2,1-2H3/b16-11-.